The van der Waals surface area contributed by atoms with E-state index in [-0.39, 0.29) is 5.91 Å². The fourth-order valence-electron chi connectivity index (χ4n) is 1.58. The molecule has 16 heavy (non-hydrogen) atoms. The molecule has 1 aromatic heterocycles. The quantitative estimate of drug-likeness (QED) is 0.931. The van der Waals surface area contributed by atoms with Crippen LogP contribution in [0, 0.1) is 5.92 Å². The minimum absolute atomic E-state index is 0.0793. The van der Waals surface area contributed by atoms with E-state index in [9.17, 15) is 4.79 Å². The fourth-order valence-corrected chi connectivity index (χ4v) is 3.10. The van der Waals surface area contributed by atoms with Crippen molar-refractivity contribution in [2.45, 2.75) is 6.42 Å². The first-order valence-corrected chi connectivity index (χ1v) is 7.18. The predicted molar refractivity (Wildman–Crippen MR) is 69.7 cm³/mol. The molecule has 1 atom stereocenters. The standard InChI is InChI=1S/C11H13BrN2OS/c12-9-1-2-10(13-6-9)11(15)14-5-8-3-4-16-7-8/h1-2,6,8H,3-5,7H2,(H,14,15). The molecule has 1 amide bonds. The van der Waals surface area contributed by atoms with Gasteiger partial charge in [-0.15, -0.1) is 0 Å². The number of thioether (sulfide) groups is 1. The molecule has 1 saturated heterocycles. The van der Waals surface area contributed by atoms with Crippen LogP contribution in [-0.4, -0.2) is 28.9 Å². The lowest BCUT2D eigenvalue weighted by Gasteiger charge is -2.09. The summed E-state index contributed by atoms with van der Waals surface area (Å²) in [5, 5.41) is 2.93. The van der Waals surface area contributed by atoms with E-state index in [0.29, 0.717) is 11.6 Å². The molecule has 0 aliphatic carbocycles. The molecule has 1 aliphatic heterocycles. The number of carbonyl (C=O) groups is 1. The van der Waals surface area contributed by atoms with E-state index < -0.39 is 0 Å². The highest BCUT2D eigenvalue weighted by molar-refractivity contribution is 9.10. The lowest BCUT2D eigenvalue weighted by Crippen LogP contribution is -2.29. The van der Waals surface area contributed by atoms with E-state index in [4.69, 9.17) is 0 Å². The highest BCUT2D eigenvalue weighted by Gasteiger charge is 2.16. The van der Waals surface area contributed by atoms with E-state index in [1.807, 2.05) is 17.8 Å². The van der Waals surface area contributed by atoms with E-state index in [1.54, 1.807) is 12.3 Å². The topological polar surface area (TPSA) is 42.0 Å². The largest absolute Gasteiger partial charge is 0.350 e. The molecule has 0 bridgehead atoms. The van der Waals surface area contributed by atoms with Crippen LogP contribution in [-0.2, 0) is 0 Å². The van der Waals surface area contributed by atoms with Crippen LogP contribution in [0.4, 0.5) is 0 Å². The van der Waals surface area contributed by atoms with Gasteiger partial charge in [-0.25, -0.2) is 4.98 Å². The fraction of sp³-hybridized carbons (Fsp3) is 0.455. The maximum atomic E-state index is 11.7. The molecule has 1 fully saturated rings. The van der Waals surface area contributed by atoms with Crippen molar-refractivity contribution in [3.05, 3.63) is 28.5 Å². The average Bonchev–Trinajstić information content (AvgIpc) is 2.80. The van der Waals surface area contributed by atoms with Crippen LogP contribution in [0.1, 0.15) is 16.9 Å². The molecule has 0 spiro atoms. The molecule has 2 rings (SSSR count). The number of aromatic nitrogens is 1. The van der Waals surface area contributed by atoms with Crippen molar-refractivity contribution < 1.29 is 4.79 Å². The first-order valence-electron chi connectivity index (χ1n) is 5.23. The zero-order chi connectivity index (χ0) is 11.4. The second kappa shape index (κ2) is 5.68. The van der Waals surface area contributed by atoms with Gasteiger partial charge in [0.05, 0.1) is 0 Å². The summed E-state index contributed by atoms with van der Waals surface area (Å²) >= 11 is 5.25. The molecule has 86 valence electrons. The number of hydrogen-bond donors (Lipinski definition) is 1. The molecule has 2 heterocycles. The van der Waals surface area contributed by atoms with Crippen LogP contribution in [0.15, 0.2) is 22.8 Å². The van der Waals surface area contributed by atoms with E-state index >= 15 is 0 Å². The highest BCUT2D eigenvalue weighted by atomic mass is 79.9. The van der Waals surface area contributed by atoms with Gasteiger partial charge < -0.3 is 5.32 Å². The molecule has 0 aromatic carbocycles. The van der Waals surface area contributed by atoms with Crippen LogP contribution < -0.4 is 5.32 Å². The molecule has 1 N–H and O–H groups in total. The Morgan fingerprint density at radius 3 is 3.12 bits per heavy atom. The molecule has 1 unspecified atom stereocenters. The van der Waals surface area contributed by atoms with Crippen molar-refractivity contribution in [1.82, 2.24) is 10.3 Å². The monoisotopic (exact) mass is 300 g/mol. The smallest absolute Gasteiger partial charge is 0.269 e. The zero-order valence-corrected chi connectivity index (χ0v) is 11.2. The molecule has 0 radical (unpaired) electrons. The van der Waals surface area contributed by atoms with Gasteiger partial charge in [0, 0.05) is 17.2 Å². The molecular formula is C11H13BrN2OS. The second-order valence-electron chi connectivity index (χ2n) is 3.80. The van der Waals surface area contributed by atoms with Gasteiger partial charge in [-0.1, -0.05) is 0 Å². The predicted octanol–water partition coefficient (Wildman–Crippen LogP) is 2.33. The number of carbonyl (C=O) groups excluding carboxylic acids is 1. The summed E-state index contributed by atoms with van der Waals surface area (Å²) in [7, 11) is 0. The molecular weight excluding hydrogens is 288 g/mol. The number of hydrogen-bond acceptors (Lipinski definition) is 3. The second-order valence-corrected chi connectivity index (χ2v) is 5.87. The summed E-state index contributed by atoms with van der Waals surface area (Å²) in [5.74, 6) is 2.93. The molecule has 0 saturated carbocycles. The van der Waals surface area contributed by atoms with Crippen LogP contribution >= 0.6 is 27.7 Å². The minimum Gasteiger partial charge on any atom is -0.350 e. The number of pyridine rings is 1. The van der Waals surface area contributed by atoms with Gasteiger partial charge in [0.15, 0.2) is 0 Å². The van der Waals surface area contributed by atoms with Crippen molar-refractivity contribution in [3.8, 4) is 0 Å². The zero-order valence-electron chi connectivity index (χ0n) is 8.78. The molecule has 1 aromatic rings. The van der Waals surface area contributed by atoms with Crippen molar-refractivity contribution in [2.75, 3.05) is 18.1 Å². The number of amides is 1. The van der Waals surface area contributed by atoms with Gasteiger partial charge >= 0.3 is 0 Å². The van der Waals surface area contributed by atoms with Gasteiger partial charge in [0.2, 0.25) is 0 Å². The Morgan fingerprint density at radius 1 is 1.62 bits per heavy atom. The van der Waals surface area contributed by atoms with E-state index in [2.05, 4.69) is 26.2 Å². The third-order valence-corrected chi connectivity index (χ3v) is 4.24. The Labute approximate surface area is 108 Å². The first kappa shape index (κ1) is 11.9. The van der Waals surface area contributed by atoms with Crippen LogP contribution in [0.25, 0.3) is 0 Å². The van der Waals surface area contributed by atoms with Crippen LogP contribution in [0.5, 0.6) is 0 Å². The molecule has 1 aliphatic rings. The third kappa shape index (κ3) is 3.22. The van der Waals surface area contributed by atoms with E-state index in [1.165, 1.54) is 12.2 Å². The maximum absolute atomic E-state index is 11.7. The highest BCUT2D eigenvalue weighted by Crippen LogP contribution is 2.22. The Kier molecular flexibility index (Phi) is 4.23. The number of rotatable bonds is 3. The normalized spacial score (nSPS) is 19.7. The van der Waals surface area contributed by atoms with Crippen LogP contribution in [0.3, 0.4) is 0 Å². The number of halogens is 1. The summed E-state index contributed by atoms with van der Waals surface area (Å²) in [4.78, 5) is 15.8. The first-order chi connectivity index (χ1) is 7.75. The van der Waals surface area contributed by atoms with Crippen molar-refractivity contribution in [3.63, 3.8) is 0 Å². The number of nitrogens with one attached hydrogen (secondary N) is 1. The van der Waals surface area contributed by atoms with Gasteiger partial charge in [-0.05, 0) is 51.9 Å². The van der Waals surface area contributed by atoms with Crippen LogP contribution in [0.2, 0.25) is 0 Å². The Hall–Kier alpha value is -0.550. The average molecular weight is 301 g/mol. The summed E-state index contributed by atoms with van der Waals surface area (Å²) in [5.41, 5.74) is 0.480. The molecule has 3 nitrogen and oxygen atoms in total. The summed E-state index contributed by atoms with van der Waals surface area (Å²) in [6.07, 6.45) is 2.85. The Balaban J connectivity index is 1.85. The number of nitrogens with zero attached hydrogens (tertiary/aromatic N) is 1. The van der Waals surface area contributed by atoms with Crippen molar-refractivity contribution >= 4 is 33.6 Å². The molecule has 5 heteroatoms. The Morgan fingerprint density at radius 2 is 2.50 bits per heavy atom. The lowest BCUT2D eigenvalue weighted by atomic mass is 10.1. The third-order valence-electron chi connectivity index (χ3n) is 2.54. The summed E-state index contributed by atoms with van der Waals surface area (Å²) in [6, 6.07) is 3.55. The maximum Gasteiger partial charge on any atom is 0.269 e. The summed E-state index contributed by atoms with van der Waals surface area (Å²) < 4.78 is 0.885. The van der Waals surface area contributed by atoms with Gasteiger partial charge in [0.1, 0.15) is 5.69 Å². The SMILES string of the molecule is O=C(NCC1CCSC1)c1ccc(Br)cn1. The van der Waals surface area contributed by atoms with Crippen molar-refractivity contribution in [1.29, 1.82) is 0 Å². The Bertz CT molecular complexity index is 363. The van der Waals surface area contributed by atoms with Crippen molar-refractivity contribution in [2.24, 2.45) is 5.92 Å². The van der Waals surface area contributed by atoms with Gasteiger partial charge in [0.25, 0.3) is 5.91 Å². The van der Waals surface area contributed by atoms with Gasteiger partial charge in [-0.2, -0.15) is 11.8 Å². The van der Waals surface area contributed by atoms with Gasteiger partial charge in [-0.3, -0.25) is 4.79 Å². The van der Waals surface area contributed by atoms with E-state index in [0.717, 1.165) is 16.8 Å². The lowest BCUT2D eigenvalue weighted by molar-refractivity contribution is 0.0943. The minimum atomic E-state index is -0.0793. The summed E-state index contributed by atoms with van der Waals surface area (Å²) in [6.45, 7) is 0.767.